The summed E-state index contributed by atoms with van der Waals surface area (Å²) in [6.07, 6.45) is 0. The van der Waals surface area contributed by atoms with E-state index < -0.39 is 11.6 Å². The summed E-state index contributed by atoms with van der Waals surface area (Å²) in [6, 6.07) is 2.80. The molecule has 0 aliphatic carbocycles. The lowest BCUT2D eigenvalue weighted by atomic mass is 10.3. The highest BCUT2D eigenvalue weighted by molar-refractivity contribution is 7.94. The van der Waals surface area contributed by atoms with Crippen molar-refractivity contribution in [1.82, 2.24) is 0 Å². The fraction of sp³-hybridized carbons (Fsp3) is 0. The van der Waals surface area contributed by atoms with E-state index in [0.717, 1.165) is 18.2 Å². The average Bonchev–Trinajstić information content (AvgIpc) is 1.99. The van der Waals surface area contributed by atoms with E-state index in [2.05, 4.69) is 9.37 Å². The predicted molar refractivity (Wildman–Crippen MR) is 37.0 cm³/mol. The Morgan fingerprint density at radius 3 is 2.25 bits per heavy atom. The second-order valence-electron chi connectivity index (χ2n) is 1.83. The van der Waals surface area contributed by atoms with Gasteiger partial charge in [0.2, 0.25) is 0 Å². The van der Waals surface area contributed by atoms with Gasteiger partial charge in [0, 0.05) is 11.0 Å². The van der Waals surface area contributed by atoms with Crippen LogP contribution in [0.25, 0.3) is 0 Å². The van der Waals surface area contributed by atoms with Crippen LogP contribution in [-0.4, -0.2) is 5.26 Å². The second kappa shape index (κ2) is 4.36. The van der Waals surface area contributed by atoms with Crippen LogP contribution in [0.5, 0.6) is 0 Å². The molecule has 3 nitrogen and oxygen atoms in total. The maximum Gasteiger partial charge on any atom is 0.127 e. The SMILES string of the molecule is OOOSc1cc(F)cc(F)c1. The molecule has 0 bridgehead atoms. The fourth-order valence-electron chi connectivity index (χ4n) is 0.631. The van der Waals surface area contributed by atoms with Crippen molar-refractivity contribution in [2.24, 2.45) is 0 Å². The summed E-state index contributed by atoms with van der Waals surface area (Å²) in [5.74, 6) is -1.45. The number of benzene rings is 1. The molecule has 0 saturated heterocycles. The van der Waals surface area contributed by atoms with E-state index in [1.807, 2.05) is 0 Å². The van der Waals surface area contributed by atoms with Gasteiger partial charge in [-0.05, 0) is 12.1 Å². The van der Waals surface area contributed by atoms with Gasteiger partial charge in [0.15, 0.2) is 0 Å². The first kappa shape index (κ1) is 9.40. The molecule has 0 aromatic heterocycles. The molecular formula is C6H4F2O3S. The Morgan fingerprint density at radius 1 is 1.17 bits per heavy atom. The van der Waals surface area contributed by atoms with Crippen molar-refractivity contribution in [3.63, 3.8) is 0 Å². The van der Waals surface area contributed by atoms with Crippen LogP contribution in [0.15, 0.2) is 23.1 Å². The van der Waals surface area contributed by atoms with Gasteiger partial charge >= 0.3 is 0 Å². The van der Waals surface area contributed by atoms with Gasteiger partial charge in [-0.2, -0.15) is 0 Å². The standard InChI is InChI=1S/C6H4F2O3S/c7-4-1-5(8)3-6(2-4)12-11-10-9/h1-3,9H. The summed E-state index contributed by atoms with van der Waals surface area (Å²) in [5.41, 5.74) is 0. The van der Waals surface area contributed by atoms with Crippen LogP contribution in [-0.2, 0) is 9.37 Å². The zero-order chi connectivity index (χ0) is 8.97. The maximum absolute atomic E-state index is 12.4. The fourth-order valence-corrected chi connectivity index (χ4v) is 1.06. The zero-order valence-corrected chi connectivity index (χ0v) is 6.48. The predicted octanol–water partition coefficient (Wildman–Crippen LogP) is 2.39. The third-order valence-electron chi connectivity index (χ3n) is 0.997. The summed E-state index contributed by atoms with van der Waals surface area (Å²) in [4.78, 5) is 0.154. The molecule has 6 heteroatoms. The summed E-state index contributed by atoms with van der Waals surface area (Å²) >= 11 is 0.497. The Balaban J connectivity index is 2.72. The van der Waals surface area contributed by atoms with Crippen molar-refractivity contribution >= 4 is 12.0 Å². The molecule has 66 valence electrons. The summed E-state index contributed by atoms with van der Waals surface area (Å²) in [7, 11) is 0. The first-order chi connectivity index (χ1) is 5.72. The van der Waals surface area contributed by atoms with Crippen molar-refractivity contribution in [2.75, 3.05) is 0 Å². The van der Waals surface area contributed by atoms with E-state index in [0.29, 0.717) is 12.0 Å². The van der Waals surface area contributed by atoms with E-state index in [1.165, 1.54) is 0 Å². The molecule has 0 aliphatic heterocycles. The molecule has 1 aromatic rings. The number of hydrogen-bond donors (Lipinski definition) is 1. The molecular weight excluding hydrogens is 190 g/mol. The summed E-state index contributed by atoms with van der Waals surface area (Å²) in [6.45, 7) is 0. The van der Waals surface area contributed by atoms with Crippen LogP contribution in [0.3, 0.4) is 0 Å². The van der Waals surface area contributed by atoms with Gasteiger partial charge < -0.3 is 0 Å². The molecule has 0 unspecified atom stereocenters. The lowest BCUT2D eigenvalue weighted by Gasteiger charge is -1.97. The molecule has 0 amide bonds. The van der Waals surface area contributed by atoms with Gasteiger partial charge in [-0.25, -0.2) is 14.0 Å². The molecule has 0 spiro atoms. The molecule has 0 heterocycles. The highest BCUT2D eigenvalue weighted by Gasteiger charge is 2.01. The van der Waals surface area contributed by atoms with Gasteiger partial charge in [0.25, 0.3) is 0 Å². The first-order valence-electron chi connectivity index (χ1n) is 2.83. The minimum absolute atomic E-state index is 0.154. The second-order valence-corrected chi connectivity index (χ2v) is 2.61. The van der Waals surface area contributed by atoms with Crippen LogP contribution in [0.2, 0.25) is 0 Å². The van der Waals surface area contributed by atoms with Crippen LogP contribution in [0.4, 0.5) is 8.78 Å². The van der Waals surface area contributed by atoms with Crippen LogP contribution in [0.1, 0.15) is 0 Å². The van der Waals surface area contributed by atoms with E-state index in [-0.39, 0.29) is 4.90 Å². The van der Waals surface area contributed by atoms with Crippen molar-refractivity contribution in [3.8, 4) is 0 Å². The number of halogens is 2. The average molecular weight is 194 g/mol. The first-order valence-corrected chi connectivity index (χ1v) is 3.57. The molecule has 0 atom stereocenters. The van der Waals surface area contributed by atoms with E-state index in [4.69, 9.17) is 5.26 Å². The van der Waals surface area contributed by atoms with E-state index in [9.17, 15) is 8.78 Å². The van der Waals surface area contributed by atoms with Gasteiger partial charge in [-0.15, -0.1) is 4.33 Å². The largest absolute Gasteiger partial charge is 0.220 e. The Hall–Kier alpha value is -0.690. The van der Waals surface area contributed by atoms with Gasteiger partial charge in [-0.3, -0.25) is 0 Å². The maximum atomic E-state index is 12.4. The Labute approximate surface area is 71.0 Å². The molecule has 12 heavy (non-hydrogen) atoms. The van der Waals surface area contributed by atoms with Crippen molar-refractivity contribution in [3.05, 3.63) is 29.8 Å². The molecule has 0 saturated carbocycles. The van der Waals surface area contributed by atoms with Crippen LogP contribution < -0.4 is 0 Å². The summed E-state index contributed by atoms with van der Waals surface area (Å²) in [5, 5.41) is 11.0. The van der Waals surface area contributed by atoms with Gasteiger partial charge in [-0.1, -0.05) is 5.04 Å². The number of rotatable bonds is 3. The molecule has 1 N–H and O–H groups in total. The molecule has 0 aliphatic rings. The molecule has 1 rings (SSSR count). The quantitative estimate of drug-likeness (QED) is 0.455. The molecule has 1 aromatic carbocycles. The Kier molecular flexibility index (Phi) is 3.42. The van der Waals surface area contributed by atoms with Crippen molar-refractivity contribution < 1.29 is 23.4 Å². The Bertz CT molecular complexity index is 249. The molecule has 0 radical (unpaired) electrons. The van der Waals surface area contributed by atoms with Crippen molar-refractivity contribution in [1.29, 1.82) is 0 Å². The monoisotopic (exact) mass is 194 g/mol. The summed E-state index contributed by atoms with van der Waals surface area (Å²) < 4.78 is 28.9. The normalized spacial score (nSPS) is 10.2. The van der Waals surface area contributed by atoms with Gasteiger partial charge in [0.05, 0.1) is 12.0 Å². The van der Waals surface area contributed by atoms with E-state index >= 15 is 0 Å². The lowest BCUT2D eigenvalue weighted by Crippen LogP contribution is -1.83. The van der Waals surface area contributed by atoms with E-state index in [1.54, 1.807) is 0 Å². The third kappa shape index (κ3) is 2.74. The smallest absolute Gasteiger partial charge is 0.127 e. The highest BCUT2D eigenvalue weighted by Crippen LogP contribution is 2.20. The zero-order valence-electron chi connectivity index (χ0n) is 5.66. The topological polar surface area (TPSA) is 38.7 Å². The minimum atomic E-state index is -0.723. The minimum Gasteiger partial charge on any atom is -0.220 e. The van der Waals surface area contributed by atoms with Crippen molar-refractivity contribution in [2.45, 2.75) is 4.90 Å². The van der Waals surface area contributed by atoms with Gasteiger partial charge in [0.1, 0.15) is 11.6 Å². The third-order valence-corrected chi connectivity index (χ3v) is 1.55. The Morgan fingerprint density at radius 2 is 1.75 bits per heavy atom. The highest BCUT2D eigenvalue weighted by atomic mass is 32.2. The number of hydrogen-bond acceptors (Lipinski definition) is 4. The van der Waals surface area contributed by atoms with Crippen LogP contribution >= 0.6 is 12.0 Å². The van der Waals surface area contributed by atoms with Crippen LogP contribution in [0, 0.1) is 11.6 Å². The molecule has 0 fully saturated rings. The lowest BCUT2D eigenvalue weighted by molar-refractivity contribution is -0.432.